The predicted molar refractivity (Wildman–Crippen MR) is 122 cm³/mol. The summed E-state index contributed by atoms with van der Waals surface area (Å²) in [7, 11) is 1.43. The Bertz CT molecular complexity index is 1090. The number of nitrogens with one attached hydrogen (secondary N) is 3. The zero-order valence-corrected chi connectivity index (χ0v) is 18.0. The standard InChI is InChI=1S/C22H24FN5O2S/c1-3-19(29)24-13-4-6-14(7-5-13)25-21-20-17(10-11-31-20)27-22(28-21)26-15-8-9-18(30-2)16(23)12-15/h3,8-14H,1,4-7H2,2H3,(H,24,29)(H2,25,26,27,28). The van der Waals surface area contributed by atoms with Crippen molar-refractivity contribution in [3.63, 3.8) is 0 Å². The molecule has 0 aliphatic heterocycles. The average Bonchev–Trinajstić information content (AvgIpc) is 3.24. The van der Waals surface area contributed by atoms with Crippen molar-refractivity contribution in [1.29, 1.82) is 0 Å². The van der Waals surface area contributed by atoms with E-state index in [2.05, 4.69) is 32.5 Å². The minimum atomic E-state index is -0.456. The molecule has 2 heterocycles. The quantitative estimate of drug-likeness (QED) is 0.464. The summed E-state index contributed by atoms with van der Waals surface area (Å²) in [5.74, 6) is 0.753. The van der Waals surface area contributed by atoms with Gasteiger partial charge in [0.2, 0.25) is 11.9 Å². The summed E-state index contributed by atoms with van der Waals surface area (Å²) in [5, 5.41) is 11.6. The van der Waals surface area contributed by atoms with Crippen LogP contribution in [0.25, 0.3) is 10.2 Å². The van der Waals surface area contributed by atoms with Crippen molar-refractivity contribution in [2.24, 2.45) is 0 Å². The molecule has 0 spiro atoms. The molecular weight excluding hydrogens is 417 g/mol. The molecular formula is C22H24FN5O2S. The Morgan fingerprint density at radius 2 is 2.00 bits per heavy atom. The number of hydrogen-bond donors (Lipinski definition) is 3. The summed E-state index contributed by atoms with van der Waals surface area (Å²) in [4.78, 5) is 20.7. The Hall–Kier alpha value is -3.20. The number of halogens is 1. The lowest BCUT2D eigenvalue weighted by Crippen LogP contribution is -2.39. The van der Waals surface area contributed by atoms with Crippen LogP contribution in [0.4, 0.5) is 21.8 Å². The fourth-order valence-corrected chi connectivity index (χ4v) is 4.51. The molecule has 0 atom stereocenters. The second kappa shape index (κ2) is 9.30. The first-order valence-electron chi connectivity index (χ1n) is 10.1. The molecule has 162 valence electrons. The number of aromatic nitrogens is 2. The number of nitrogens with zero attached hydrogens (tertiary/aromatic N) is 2. The SMILES string of the molecule is C=CC(=O)NC1CCC(Nc2nc(Nc3ccc(OC)c(F)c3)nc3ccsc23)CC1. The molecule has 1 aliphatic carbocycles. The largest absolute Gasteiger partial charge is 0.494 e. The van der Waals surface area contributed by atoms with E-state index in [0.29, 0.717) is 11.6 Å². The van der Waals surface area contributed by atoms with Gasteiger partial charge < -0.3 is 20.7 Å². The van der Waals surface area contributed by atoms with Crippen LogP contribution in [0.1, 0.15) is 25.7 Å². The lowest BCUT2D eigenvalue weighted by atomic mass is 9.91. The van der Waals surface area contributed by atoms with Crippen LogP contribution in [0.15, 0.2) is 42.3 Å². The lowest BCUT2D eigenvalue weighted by molar-refractivity contribution is -0.117. The molecule has 3 aromatic rings. The maximum atomic E-state index is 14.0. The van der Waals surface area contributed by atoms with Gasteiger partial charge in [0.15, 0.2) is 11.6 Å². The van der Waals surface area contributed by atoms with E-state index >= 15 is 0 Å². The smallest absolute Gasteiger partial charge is 0.243 e. The molecule has 1 aliphatic rings. The first-order valence-corrected chi connectivity index (χ1v) is 11.0. The Kier molecular flexibility index (Phi) is 6.31. The molecule has 4 rings (SSSR count). The van der Waals surface area contributed by atoms with E-state index in [-0.39, 0.29) is 23.7 Å². The number of methoxy groups -OCH3 is 1. The van der Waals surface area contributed by atoms with E-state index in [9.17, 15) is 9.18 Å². The third-order valence-electron chi connectivity index (χ3n) is 5.31. The second-order valence-corrected chi connectivity index (χ2v) is 8.33. The van der Waals surface area contributed by atoms with Crippen LogP contribution in [0, 0.1) is 5.82 Å². The third-order valence-corrected chi connectivity index (χ3v) is 6.22. The predicted octanol–water partition coefficient (Wildman–Crippen LogP) is 4.61. The highest BCUT2D eigenvalue weighted by molar-refractivity contribution is 7.17. The number of ether oxygens (including phenoxy) is 1. The zero-order chi connectivity index (χ0) is 21.8. The van der Waals surface area contributed by atoms with Gasteiger partial charge in [0.25, 0.3) is 0 Å². The first-order chi connectivity index (χ1) is 15.1. The van der Waals surface area contributed by atoms with Crippen LogP contribution in [0.3, 0.4) is 0 Å². The molecule has 1 saturated carbocycles. The molecule has 0 radical (unpaired) electrons. The lowest BCUT2D eigenvalue weighted by Gasteiger charge is -2.29. The van der Waals surface area contributed by atoms with Crippen LogP contribution in [-0.4, -0.2) is 35.1 Å². The van der Waals surface area contributed by atoms with Gasteiger partial charge >= 0.3 is 0 Å². The number of rotatable bonds is 7. The minimum Gasteiger partial charge on any atom is -0.494 e. The Morgan fingerprint density at radius 3 is 2.71 bits per heavy atom. The summed E-state index contributed by atoms with van der Waals surface area (Å²) < 4.78 is 20.0. The molecule has 7 nitrogen and oxygen atoms in total. The van der Waals surface area contributed by atoms with Crippen molar-refractivity contribution in [3.05, 3.63) is 48.1 Å². The van der Waals surface area contributed by atoms with E-state index in [4.69, 9.17) is 4.74 Å². The number of anilines is 3. The highest BCUT2D eigenvalue weighted by atomic mass is 32.1. The Balaban J connectivity index is 1.48. The highest BCUT2D eigenvalue weighted by Crippen LogP contribution is 2.31. The molecule has 0 saturated heterocycles. The van der Waals surface area contributed by atoms with E-state index < -0.39 is 5.82 Å². The Labute approximate surface area is 183 Å². The number of carbonyl (C=O) groups excluding carboxylic acids is 1. The van der Waals surface area contributed by atoms with E-state index in [1.54, 1.807) is 23.5 Å². The van der Waals surface area contributed by atoms with Crippen molar-refractivity contribution in [2.75, 3.05) is 17.7 Å². The fourth-order valence-electron chi connectivity index (χ4n) is 3.73. The summed E-state index contributed by atoms with van der Waals surface area (Å²) in [5.41, 5.74) is 1.36. The van der Waals surface area contributed by atoms with Crippen molar-refractivity contribution >= 4 is 44.9 Å². The van der Waals surface area contributed by atoms with Gasteiger partial charge in [-0.3, -0.25) is 4.79 Å². The van der Waals surface area contributed by atoms with Gasteiger partial charge in [-0.05, 0) is 55.3 Å². The second-order valence-electron chi connectivity index (χ2n) is 7.41. The maximum absolute atomic E-state index is 14.0. The summed E-state index contributed by atoms with van der Waals surface area (Å²) >= 11 is 1.58. The van der Waals surface area contributed by atoms with Gasteiger partial charge in [0, 0.05) is 23.8 Å². The molecule has 0 unspecified atom stereocenters. The van der Waals surface area contributed by atoms with Gasteiger partial charge in [-0.2, -0.15) is 4.98 Å². The number of hydrogen-bond acceptors (Lipinski definition) is 7. The normalized spacial score (nSPS) is 18.4. The van der Waals surface area contributed by atoms with E-state index in [1.165, 1.54) is 19.3 Å². The first kappa shape index (κ1) is 21.0. The van der Waals surface area contributed by atoms with Gasteiger partial charge in [-0.15, -0.1) is 11.3 Å². The number of amides is 1. The average molecular weight is 442 g/mol. The van der Waals surface area contributed by atoms with Crippen molar-refractivity contribution < 1.29 is 13.9 Å². The fraction of sp³-hybridized carbons (Fsp3) is 0.318. The van der Waals surface area contributed by atoms with Crippen molar-refractivity contribution in [1.82, 2.24) is 15.3 Å². The third kappa shape index (κ3) is 4.93. The van der Waals surface area contributed by atoms with Crippen LogP contribution in [0.5, 0.6) is 5.75 Å². The minimum absolute atomic E-state index is 0.127. The number of benzene rings is 1. The van der Waals surface area contributed by atoms with Gasteiger partial charge in [0.05, 0.1) is 17.3 Å². The van der Waals surface area contributed by atoms with Crippen LogP contribution >= 0.6 is 11.3 Å². The van der Waals surface area contributed by atoms with Gasteiger partial charge in [-0.1, -0.05) is 6.58 Å². The zero-order valence-electron chi connectivity index (χ0n) is 17.2. The van der Waals surface area contributed by atoms with Crippen LogP contribution < -0.4 is 20.7 Å². The number of fused-ring (bicyclic) bond motifs is 1. The van der Waals surface area contributed by atoms with Crippen molar-refractivity contribution in [2.45, 2.75) is 37.8 Å². The Morgan fingerprint density at radius 1 is 1.23 bits per heavy atom. The monoisotopic (exact) mass is 441 g/mol. The maximum Gasteiger partial charge on any atom is 0.243 e. The van der Waals surface area contributed by atoms with E-state index in [1.807, 2.05) is 11.4 Å². The molecule has 1 amide bonds. The van der Waals surface area contributed by atoms with Crippen LogP contribution in [0.2, 0.25) is 0 Å². The van der Waals surface area contributed by atoms with E-state index in [0.717, 1.165) is 41.7 Å². The molecule has 1 aromatic carbocycles. The molecule has 9 heteroatoms. The molecule has 0 bridgehead atoms. The van der Waals surface area contributed by atoms with Gasteiger partial charge in [0.1, 0.15) is 5.82 Å². The van der Waals surface area contributed by atoms with Gasteiger partial charge in [-0.25, -0.2) is 9.37 Å². The summed E-state index contributed by atoms with van der Waals surface area (Å²) in [6, 6.07) is 7.00. The number of carbonyl (C=O) groups is 1. The van der Waals surface area contributed by atoms with Crippen LogP contribution in [-0.2, 0) is 4.79 Å². The molecule has 3 N–H and O–H groups in total. The summed E-state index contributed by atoms with van der Waals surface area (Å²) in [6.07, 6.45) is 4.94. The number of thiophene rings is 1. The summed E-state index contributed by atoms with van der Waals surface area (Å²) in [6.45, 7) is 3.50. The topological polar surface area (TPSA) is 88.2 Å². The molecule has 1 fully saturated rings. The molecule has 2 aromatic heterocycles. The highest BCUT2D eigenvalue weighted by Gasteiger charge is 2.23. The van der Waals surface area contributed by atoms with Crippen molar-refractivity contribution in [3.8, 4) is 5.75 Å². The molecule has 31 heavy (non-hydrogen) atoms.